The third-order valence-electron chi connectivity index (χ3n) is 4.79. The molecule has 4 rings (SSSR count). The molecule has 6 nitrogen and oxygen atoms in total. The van der Waals surface area contributed by atoms with E-state index in [1.807, 2.05) is 47.5 Å². The summed E-state index contributed by atoms with van der Waals surface area (Å²) in [5.74, 6) is 0.278. The van der Waals surface area contributed by atoms with E-state index in [0.29, 0.717) is 17.0 Å². The maximum absolute atomic E-state index is 13.1. The van der Waals surface area contributed by atoms with Crippen LogP contribution in [0.3, 0.4) is 0 Å². The zero-order valence-electron chi connectivity index (χ0n) is 14.8. The van der Waals surface area contributed by atoms with Crippen LogP contribution in [0.15, 0.2) is 46.3 Å². The van der Waals surface area contributed by atoms with Crippen LogP contribution >= 0.6 is 11.3 Å². The number of likely N-dealkylation sites (tertiary alicyclic amines) is 1. The highest BCUT2D eigenvalue weighted by Crippen LogP contribution is 2.33. The van der Waals surface area contributed by atoms with Crippen molar-refractivity contribution in [2.75, 3.05) is 6.54 Å². The molecule has 1 aromatic carbocycles. The van der Waals surface area contributed by atoms with Crippen LogP contribution in [0.2, 0.25) is 0 Å². The second-order valence-electron chi connectivity index (χ2n) is 6.66. The predicted octanol–water partition coefficient (Wildman–Crippen LogP) is 3.79. The number of thiophene rings is 1. The lowest BCUT2D eigenvalue weighted by Crippen LogP contribution is -2.30. The Morgan fingerprint density at radius 1 is 1.26 bits per heavy atom. The number of hydrogen-bond donors (Lipinski definition) is 1. The molecule has 2 aromatic heterocycles. The zero-order chi connectivity index (χ0) is 19.0. The third kappa shape index (κ3) is 3.38. The Hall–Kier alpha value is -2.93. The number of primary amides is 1. The van der Waals surface area contributed by atoms with Crippen molar-refractivity contribution in [3.05, 3.63) is 63.7 Å². The Morgan fingerprint density at radius 3 is 2.81 bits per heavy atom. The molecule has 0 spiro atoms. The van der Waals surface area contributed by atoms with Gasteiger partial charge in [0.2, 0.25) is 0 Å². The van der Waals surface area contributed by atoms with Gasteiger partial charge in [0, 0.05) is 18.2 Å². The molecular weight excluding hydrogens is 362 g/mol. The van der Waals surface area contributed by atoms with Crippen molar-refractivity contribution in [1.82, 2.24) is 10.1 Å². The average Bonchev–Trinajstić information content (AvgIpc) is 3.41. The molecule has 138 valence electrons. The van der Waals surface area contributed by atoms with Gasteiger partial charge in [-0.15, -0.1) is 11.3 Å². The third-order valence-corrected chi connectivity index (χ3v) is 5.73. The highest BCUT2D eigenvalue weighted by molar-refractivity contribution is 7.12. The summed E-state index contributed by atoms with van der Waals surface area (Å²) >= 11 is 1.30. The van der Waals surface area contributed by atoms with Crippen molar-refractivity contribution in [2.45, 2.75) is 25.8 Å². The van der Waals surface area contributed by atoms with Crippen molar-refractivity contribution >= 4 is 23.2 Å². The molecule has 27 heavy (non-hydrogen) atoms. The van der Waals surface area contributed by atoms with E-state index in [0.717, 1.165) is 35.4 Å². The van der Waals surface area contributed by atoms with Gasteiger partial charge >= 0.3 is 0 Å². The molecule has 0 bridgehead atoms. The van der Waals surface area contributed by atoms with E-state index in [1.165, 1.54) is 11.3 Å². The van der Waals surface area contributed by atoms with Crippen LogP contribution < -0.4 is 5.73 Å². The van der Waals surface area contributed by atoms with E-state index in [2.05, 4.69) is 5.16 Å². The molecule has 3 heterocycles. The summed E-state index contributed by atoms with van der Waals surface area (Å²) in [5.41, 5.74) is 8.53. The van der Waals surface area contributed by atoms with Gasteiger partial charge in [-0.05, 0) is 54.5 Å². The van der Waals surface area contributed by atoms with E-state index in [9.17, 15) is 9.59 Å². The number of carbonyl (C=O) groups is 2. The minimum absolute atomic E-state index is 0.0228. The number of aromatic nitrogens is 1. The first kappa shape index (κ1) is 17.5. The summed E-state index contributed by atoms with van der Waals surface area (Å²) < 4.78 is 5.18. The Balaban J connectivity index is 1.61. The topological polar surface area (TPSA) is 89.4 Å². The van der Waals surface area contributed by atoms with Crippen LogP contribution in [0.4, 0.5) is 0 Å². The molecular formula is C20H19N3O3S. The molecule has 7 heteroatoms. The van der Waals surface area contributed by atoms with E-state index < -0.39 is 5.91 Å². The number of aryl methyl sites for hydroxylation is 1. The molecule has 3 aromatic rings. The molecule has 1 saturated heterocycles. The van der Waals surface area contributed by atoms with Gasteiger partial charge in [-0.3, -0.25) is 9.59 Å². The van der Waals surface area contributed by atoms with Crippen LogP contribution in [0.5, 0.6) is 0 Å². The summed E-state index contributed by atoms with van der Waals surface area (Å²) in [6.45, 7) is 2.55. The SMILES string of the molecule is Cc1cc([C@@H]2CCCN2C(=O)c2cccc(-c3csc(C(N)=O)c3)c2)no1. The second-order valence-corrected chi connectivity index (χ2v) is 7.57. The molecule has 1 aliphatic heterocycles. The fraction of sp³-hybridized carbons (Fsp3) is 0.250. The van der Waals surface area contributed by atoms with Crippen LogP contribution in [-0.2, 0) is 0 Å². The first-order valence-electron chi connectivity index (χ1n) is 8.76. The fourth-order valence-corrected chi connectivity index (χ4v) is 4.24. The van der Waals surface area contributed by atoms with Crippen molar-refractivity contribution < 1.29 is 14.1 Å². The standard InChI is InChI=1S/C20H19N3O3S/c1-12-8-16(22-26-12)17-6-3-7-23(17)20(25)14-5-2-4-13(9-14)15-10-18(19(21)24)27-11-15/h2,4-5,8-11,17H,3,6-7H2,1H3,(H2,21,24)/t17-/m0/s1. The summed E-state index contributed by atoms with van der Waals surface area (Å²) in [4.78, 5) is 26.8. The smallest absolute Gasteiger partial charge is 0.258 e. The lowest BCUT2D eigenvalue weighted by atomic mass is 10.0. The van der Waals surface area contributed by atoms with Crippen molar-refractivity contribution in [2.24, 2.45) is 5.73 Å². The second kappa shape index (κ2) is 7.00. The van der Waals surface area contributed by atoms with Gasteiger partial charge in [0.15, 0.2) is 0 Å². The Labute approximate surface area is 160 Å². The molecule has 2 amide bonds. The van der Waals surface area contributed by atoms with Gasteiger partial charge in [0.05, 0.1) is 10.9 Å². The maximum Gasteiger partial charge on any atom is 0.258 e. The highest BCUT2D eigenvalue weighted by atomic mass is 32.1. The Bertz CT molecular complexity index is 1010. The van der Waals surface area contributed by atoms with E-state index in [1.54, 1.807) is 6.07 Å². The van der Waals surface area contributed by atoms with E-state index >= 15 is 0 Å². The first-order chi connectivity index (χ1) is 13.0. The van der Waals surface area contributed by atoms with Gasteiger partial charge in [-0.2, -0.15) is 0 Å². The number of nitrogens with zero attached hydrogens (tertiary/aromatic N) is 2. The number of nitrogens with two attached hydrogens (primary N) is 1. The fourth-order valence-electron chi connectivity index (χ4n) is 3.47. The average molecular weight is 381 g/mol. The highest BCUT2D eigenvalue weighted by Gasteiger charge is 2.32. The monoisotopic (exact) mass is 381 g/mol. The van der Waals surface area contributed by atoms with Crippen LogP contribution in [0.1, 0.15) is 50.4 Å². The minimum atomic E-state index is -0.443. The van der Waals surface area contributed by atoms with Gasteiger partial charge in [-0.25, -0.2) is 0 Å². The number of benzene rings is 1. The Kier molecular flexibility index (Phi) is 4.53. The predicted molar refractivity (Wildman–Crippen MR) is 103 cm³/mol. The lowest BCUT2D eigenvalue weighted by molar-refractivity contribution is 0.0730. The van der Waals surface area contributed by atoms with Gasteiger partial charge in [0.25, 0.3) is 11.8 Å². The number of hydrogen-bond acceptors (Lipinski definition) is 5. The largest absolute Gasteiger partial charge is 0.365 e. The zero-order valence-corrected chi connectivity index (χ0v) is 15.7. The first-order valence-corrected chi connectivity index (χ1v) is 9.64. The molecule has 1 atom stereocenters. The molecule has 1 fully saturated rings. The summed E-state index contributed by atoms with van der Waals surface area (Å²) in [7, 11) is 0. The van der Waals surface area contributed by atoms with Crippen LogP contribution in [-0.4, -0.2) is 28.4 Å². The van der Waals surface area contributed by atoms with Crippen LogP contribution in [0.25, 0.3) is 11.1 Å². The molecule has 0 aliphatic carbocycles. The van der Waals surface area contributed by atoms with E-state index in [4.69, 9.17) is 10.3 Å². The Morgan fingerprint density at radius 2 is 2.11 bits per heavy atom. The number of amides is 2. The lowest BCUT2D eigenvalue weighted by Gasteiger charge is -2.23. The normalized spacial score (nSPS) is 16.6. The molecule has 0 unspecified atom stereocenters. The molecule has 0 radical (unpaired) electrons. The summed E-state index contributed by atoms with van der Waals surface area (Å²) in [6, 6.07) is 11.1. The van der Waals surface area contributed by atoms with Crippen molar-refractivity contribution in [3.63, 3.8) is 0 Å². The quantitative estimate of drug-likeness (QED) is 0.744. The van der Waals surface area contributed by atoms with Crippen molar-refractivity contribution in [3.8, 4) is 11.1 Å². The summed E-state index contributed by atoms with van der Waals surface area (Å²) in [6.07, 6.45) is 1.82. The summed E-state index contributed by atoms with van der Waals surface area (Å²) in [5, 5.41) is 5.97. The van der Waals surface area contributed by atoms with Gasteiger partial charge in [-0.1, -0.05) is 17.3 Å². The maximum atomic E-state index is 13.1. The molecule has 1 aliphatic rings. The molecule has 2 N–H and O–H groups in total. The van der Waals surface area contributed by atoms with Crippen molar-refractivity contribution in [1.29, 1.82) is 0 Å². The van der Waals surface area contributed by atoms with E-state index in [-0.39, 0.29) is 11.9 Å². The van der Waals surface area contributed by atoms with Gasteiger partial charge in [0.1, 0.15) is 11.5 Å². The number of rotatable bonds is 4. The van der Waals surface area contributed by atoms with Gasteiger partial charge < -0.3 is 15.2 Å². The minimum Gasteiger partial charge on any atom is -0.365 e. The molecule has 0 saturated carbocycles. The van der Waals surface area contributed by atoms with Crippen LogP contribution in [0, 0.1) is 6.92 Å². The number of carbonyl (C=O) groups excluding carboxylic acids is 2.